The second-order valence-electron chi connectivity index (χ2n) is 2.81. The van der Waals surface area contributed by atoms with Crippen molar-refractivity contribution in [3.63, 3.8) is 0 Å². The minimum Gasteiger partial charge on any atom is -0.287 e. The van der Waals surface area contributed by atoms with Crippen molar-refractivity contribution < 1.29 is 4.79 Å². The average molecular weight is 331 g/mol. The van der Waals surface area contributed by atoms with Crippen LogP contribution in [0.1, 0.15) is 16.1 Å². The van der Waals surface area contributed by atoms with Gasteiger partial charge in [0.05, 0.1) is 6.20 Å². The molecule has 0 aliphatic rings. The number of aromatic nitrogens is 3. The molecule has 2 aromatic rings. The summed E-state index contributed by atoms with van der Waals surface area (Å²) in [4.78, 5) is 11.9. The molecule has 0 saturated carbocycles. The van der Waals surface area contributed by atoms with Gasteiger partial charge >= 0.3 is 0 Å². The minimum absolute atomic E-state index is 0.164. The van der Waals surface area contributed by atoms with E-state index in [-0.39, 0.29) is 5.78 Å². The van der Waals surface area contributed by atoms with Crippen molar-refractivity contribution in [1.82, 2.24) is 15.4 Å². The summed E-state index contributed by atoms with van der Waals surface area (Å²) < 4.78 is 1.64. The number of hydrogen-bond donors (Lipinski definition) is 1. The number of H-pyrrole nitrogens is 1. The molecule has 0 aliphatic heterocycles. The van der Waals surface area contributed by atoms with Crippen molar-refractivity contribution >= 4 is 37.6 Å². The zero-order chi connectivity index (χ0) is 10.8. The highest BCUT2D eigenvalue weighted by Crippen LogP contribution is 2.23. The van der Waals surface area contributed by atoms with Crippen LogP contribution in [0.3, 0.4) is 0 Å². The van der Waals surface area contributed by atoms with E-state index in [1.54, 1.807) is 12.1 Å². The number of hydrogen-bond acceptors (Lipinski definition) is 3. The van der Waals surface area contributed by atoms with Gasteiger partial charge in [0, 0.05) is 14.5 Å². The lowest BCUT2D eigenvalue weighted by atomic mass is 10.1. The SMILES string of the molecule is O=C(c1cn[nH]n1)c1ccc(Br)cc1Br. The third-order valence-corrected chi connectivity index (χ3v) is 2.97. The van der Waals surface area contributed by atoms with Gasteiger partial charge in [-0.3, -0.25) is 4.79 Å². The van der Waals surface area contributed by atoms with E-state index in [0.29, 0.717) is 11.3 Å². The normalized spacial score (nSPS) is 10.3. The molecular weight excluding hydrogens is 326 g/mol. The van der Waals surface area contributed by atoms with Crippen LogP contribution < -0.4 is 0 Å². The number of ketones is 1. The number of aromatic amines is 1. The minimum atomic E-state index is -0.164. The van der Waals surface area contributed by atoms with Crippen LogP contribution in [0.15, 0.2) is 33.3 Å². The summed E-state index contributed by atoms with van der Waals surface area (Å²) in [6.45, 7) is 0. The van der Waals surface area contributed by atoms with Crippen molar-refractivity contribution in [3.8, 4) is 0 Å². The Hall–Kier alpha value is -1.01. The quantitative estimate of drug-likeness (QED) is 0.861. The molecule has 0 bridgehead atoms. The number of carbonyl (C=O) groups excluding carboxylic acids is 1. The Morgan fingerprint density at radius 2 is 2.13 bits per heavy atom. The van der Waals surface area contributed by atoms with Crippen molar-refractivity contribution in [3.05, 3.63) is 44.6 Å². The second-order valence-corrected chi connectivity index (χ2v) is 4.58. The van der Waals surface area contributed by atoms with Gasteiger partial charge < -0.3 is 0 Å². The van der Waals surface area contributed by atoms with E-state index in [4.69, 9.17) is 0 Å². The van der Waals surface area contributed by atoms with E-state index in [2.05, 4.69) is 47.3 Å². The molecule has 0 spiro atoms. The topological polar surface area (TPSA) is 58.6 Å². The fraction of sp³-hybridized carbons (Fsp3) is 0. The van der Waals surface area contributed by atoms with Gasteiger partial charge in [0.2, 0.25) is 5.78 Å². The van der Waals surface area contributed by atoms with Gasteiger partial charge in [-0.2, -0.15) is 15.4 Å². The van der Waals surface area contributed by atoms with Crippen LogP contribution in [0.5, 0.6) is 0 Å². The predicted octanol–water partition coefficient (Wildman–Crippen LogP) is 2.56. The molecule has 0 amide bonds. The van der Waals surface area contributed by atoms with Crippen LogP contribution in [0, 0.1) is 0 Å². The van der Waals surface area contributed by atoms with Crippen molar-refractivity contribution in [1.29, 1.82) is 0 Å². The lowest BCUT2D eigenvalue weighted by Crippen LogP contribution is -2.02. The van der Waals surface area contributed by atoms with Crippen LogP contribution in [0.4, 0.5) is 0 Å². The van der Waals surface area contributed by atoms with E-state index < -0.39 is 0 Å². The Labute approximate surface area is 102 Å². The number of nitrogens with zero attached hydrogens (tertiary/aromatic N) is 2. The van der Waals surface area contributed by atoms with Crippen LogP contribution in [0.25, 0.3) is 0 Å². The largest absolute Gasteiger partial charge is 0.287 e. The number of benzene rings is 1. The first-order chi connectivity index (χ1) is 7.18. The van der Waals surface area contributed by atoms with Gasteiger partial charge in [-0.05, 0) is 34.1 Å². The van der Waals surface area contributed by atoms with E-state index in [1.807, 2.05) is 6.07 Å². The molecule has 4 nitrogen and oxygen atoms in total. The summed E-state index contributed by atoms with van der Waals surface area (Å²) in [6.07, 6.45) is 1.40. The van der Waals surface area contributed by atoms with Crippen molar-refractivity contribution in [2.24, 2.45) is 0 Å². The monoisotopic (exact) mass is 329 g/mol. The summed E-state index contributed by atoms with van der Waals surface area (Å²) in [5.74, 6) is -0.164. The molecule has 1 aromatic carbocycles. The Morgan fingerprint density at radius 1 is 1.33 bits per heavy atom. The molecular formula is C9H5Br2N3O. The van der Waals surface area contributed by atoms with Crippen LogP contribution in [-0.4, -0.2) is 21.2 Å². The van der Waals surface area contributed by atoms with Gasteiger partial charge in [0.15, 0.2) is 5.69 Å². The fourth-order valence-corrected chi connectivity index (χ4v) is 2.35. The smallest absolute Gasteiger partial charge is 0.216 e. The summed E-state index contributed by atoms with van der Waals surface area (Å²) >= 11 is 6.64. The Kier molecular flexibility index (Phi) is 2.97. The summed E-state index contributed by atoms with van der Waals surface area (Å²) in [5, 5.41) is 9.74. The third kappa shape index (κ3) is 2.15. The Morgan fingerprint density at radius 3 is 2.73 bits per heavy atom. The van der Waals surface area contributed by atoms with Crippen LogP contribution in [-0.2, 0) is 0 Å². The average Bonchev–Trinajstić information content (AvgIpc) is 2.69. The molecule has 76 valence electrons. The highest BCUT2D eigenvalue weighted by atomic mass is 79.9. The second kappa shape index (κ2) is 4.24. The van der Waals surface area contributed by atoms with Crippen LogP contribution >= 0.6 is 31.9 Å². The van der Waals surface area contributed by atoms with Gasteiger partial charge in [0.1, 0.15) is 0 Å². The van der Waals surface area contributed by atoms with E-state index in [0.717, 1.165) is 8.95 Å². The first kappa shape index (κ1) is 10.5. The highest BCUT2D eigenvalue weighted by molar-refractivity contribution is 9.11. The molecule has 0 fully saturated rings. The maximum absolute atomic E-state index is 11.9. The van der Waals surface area contributed by atoms with Crippen LogP contribution in [0.2, 0.25) is 0 Å². The Balaban J connectivity index is 2.42. The highest BCUT2D eigenvalue weighted by Gasteiger charge is 2.14. The van der Waals surface area contributed by atoms with Gasteiger partial charge in [-0.25, -0.2) is 0 Å². The molecule has 0 atom stereocenters. The zero-order valence-corrected chi connectivity index (χ0v) is 10.5. The molecule has 6 heteroatoms. The van der Waals surface area contributed by atoms with Gasteiger partial charge in [0.25, 0.3) is 0 Å². The first-order valence-corrected chi connectivity index (χ1v) is 5.62. The summed E-state index contributed by atoms with van der Waals surface area (Å²) in [6, 6.07) is 5.34. The lowest BCUT2D eigenvalue weighted by Gasteiger charge is -2.01. The molecule has 0 aliphatic carbocycles. The number of rotatable bonds is 2. The maximum atomic E-state index is 11.9. The molecule has 1 N–H and O–H groups in total. The molecule has 0 unspecified atom stereocenters. The zero-order valence-electron chi connectivity index (χ0n) is 7.37. The number of carbonyl (C=O) groups is 1. The predicted molar refractivity (Wildman–Crippen MR) is 61.7 cm³/mol. The van der Waals surface area contributed by atoms with Crippen molar-refractivity contribution in [2.45, 2.75) is 0 Å². The van der Waals surface area contributed by atoms with E-state index >= 15 is 0 Å². The van der Waals surface area contributed by atoms with Gasteiger partial charge in [-0.1, -0.05) is 15.9 Å². The number of halogens is 2. The molecule has 15 heavy (non-hydrogen) atoms. The lowest BCUT2D eigenvalue weighted by molar-refractivity contribution is 0.103. The molecule has 0 radical (unpaired) electrons. The maximum Gasteiger partial charge on any atom is 0.216 e. The summed E-state index contributed by atoms with van der Waals surface area (Å²) in [5.41, 5.74) is 0.866. The first-order valence-electron chi connectivity index (χ1n) is 4.04. The fourth-order valence-electron chi connectivity index (χ4n) is 1.12. The Bertz CT molecular complexity index is 496. The summed E-state index contributed by atoms with van der Waals surface area (Å²) in [7, 11) is 0. The molecule has 1 aromatic heterocycles. The van der Waals surface area contributed by atoms with E-state index in [9.17, 15) is 4.79 Å². The number of nitrogens with one attached hydrogen (secondary N) is 1. The molecule has 1 heterocycles. The van der Waals surface area contributed by atoms with E-state index in [1.165, 1.54) is 6.20 Å². The molecule has 0 saturated heterocycles. The standard InChI is InChI=1S/C9H5Br2N3O/c10-5-1-2-6(7(11)3-5)9(15)8-4-12-14-13-8/h1-4H,(H,12,13,14). The molecule has 2 rings (SSSR count). The van der Waals surface area contributed by atoms with Gasteiger partial charge in [-0.15, -0.1) is 0 Å². The van der Waals surface area contributed by atoms with Crippen molar-refractivity contribution in [2.75, 3.05) is 0 Å². The third-order valence-electron chi connectivity index (χ3n) is 1.82.